The number of carbonyl (C=O) groups excluding carboxylic acids is 1. The van der Waals surface area contributed by atoms with E-state index in [9.17, 15) is 4.79 Å². The van der Waals surface area contributed by atoms with E-state index in [0.29, 0.717) is 11.8 Å². The molecule has 198 valence electrons. The van der Waals surface area contributed by atoms with Crippen molar-refractivity contribution in [2.45, 2.75) is 124 Å². The van der Waals surface area contributed by atoms with Crippen LogP contribution in [-0.4, -0.2) is 12.1 Å². The number of esters is 1. The Hall–Kier alpha value is -1.74. The topological polar surface area (TPSA) is 50.1 Å². The third-order valence-corrected chi connectivity index (χ3v) is 11.2. The molecule has 0 radical (unpaired) electrons. The van der Waals surface area contributed by atoms with E-state index in [2.05, 4.69) is 52.5 Å². The summed E-state index contributed by atoms with van der Waals surface area (Å²) in [6.07, 6.45) is 17.4. The van der Waals surface area contributed by atoms with Gasteiger partial charge < -0.3 is 4.74 Å². The maximum absolute atomic E-state index is 12.3. The first kappa shape index (κ1) is 27.3. The molecule has 8 atom stereocenters. The molecule has 0 spiro atoms. The van der Waals surface area contributed by atoms with Crippen LogP contribution in [-0.2, 0) is 9.53 Å². The highest BCUT2D eigenvalue weighted by Crippen LogP contribution is 2.67. The number of fused-ring (bicyclic) bond motifs is 5. The van der Waals surface area contributed by atoms with E-state index in [-0.39, 0.29) is 23.9 Å². The van der Waals surface area contributed by atoms with E-state index in [0.717, 1.165) is 54.8 Å². The number of allylic oxidation sites excluding steroid dienone is 1. The average Bonchev–Trinajstić information content (AvgIpc) is 3.19. The van der Waals surface area contributed by atoms with Crippen molar-refractivity contribution >= 4 is 5.97 Å². The van der Waals surface area contributed by atoms with Gasteiger partial charge in [-0.05, 0) is 91.3 Å². The minimum atomic E-state index is -0.168. The SMILES string of the molecule is CC(C)CCC[C@@H](C)[C@H]1CC[C@H]2[C@@H]3CC=C4C[C@@H](OC(=O)CCC#CC#N)CC[C@]4(C)[C@H]3CC[C@]12C. The second-order valence-corrected chi connectivity index (χ2v) is 13.6. The smallest absolute Gasteiger partial charge is 0.307 e. The molecule has 3 heteroatoms. The maximum Gasteiger partial charge on any atom is 0.307 e. The summed E-state index contributed by atoms with van der Waals surface area (Å²) >= 11 is 0. The number of rotatable bonds is 8. The number of nitrogens with zero attached hydrogens (tertiary/aromatic N) is 1. The Morgan fingerprint density at radius 2 is 1.92 bits per heavy atom. The van der Waals surface area contributed by atoms with Gasteiger partial charge in [-0.1, -0.05) is 71.5 Å². The van der Waals surface area contributed by atoms with Gasteiger partial charge in [-0.2, -0.15) is 5.26 Å². The zero-order chi connectivity index (χ0) is 25.9. The molecule has 0 bridgehead atoms. The molecule has 3 fully saturated rings. The van der Waals surface area contributed by atoms with Crippen molar-refractivity contribution in [3.05, 3.63) is 11.6 Å². The molecule has 3 saturated carbocycles. The molecule has 0 heterocycles. The summed E-state index contributed by atoms with van der Waals surface area (Å²) in [6.45, 7) is 12.5. The first-order valence-corrected chi connectivity index (χ1v) is 14.9. The highest BCUT2D eigenvalue weighted by molar-refractivity contribution is 5.70. The summed E-state index contributed by atoms with van der Waals surface area (Å²) in [4.78, 5) is 12.3. The molecule has 0 amide bonds. The Morgan fingerprint density at radius 3 is 2.67 bits per heavy atom. The van der Waals surface area contributed by atoms with E-state index in [1.165, 1.54) is 51.4 Å². The number of carbonyl (C=O) groups is 1. The Labute approximate surface area is 220 Å². The Morgan fingerprint density at radius 1 is 1.11 bits per heavy atom. The van der Waals surface area contributed by atoms with Crippen LogP contribution in [0.15, 0.2) is 11.6 Å². The molecule has 0 N–H and O–H groups in total. The number of hydrogen-bond acceptors (Lipinski definition) is 3. The molecule has 3 nitrogen and oxygen atoms in total. The fourth-order valence-electron chi connectivity index (χ4n) is 9.26. The quantitative estimate of drug-likeness (QED) is 0.195. The van der Waals surface area contributed by atoms with Gasteiger partial charge in [-0.15, -0.1) is 0 Å². The van der Waals surface area contributed by atoms with E-state index >= 15 is 0 Å². The van der Waals surface area contributed by atoms with Gasteiger partial charge in [0.05, 0.1) is 6.42 Å². The maximum atomic E-state index is 12.3. The van der Waals surface area contributed by atoms with Gasteiger partial charge in [0, 0.05) is 18.8 Å². The molecule has 4 aliphatic rings. The lowest BCUT2D eigenvalue weighted by atomic mass is 9.47. The second kappa shape index (κ2) is 11.3. The standard InChI is InChI=1S/C33H49NO2/c1-23(2)10-9-11-24(3)28-15-16-29-27-14-13-25-22-26(36-31(35)12-7-6-8-21-34)17-19-32(25,4)30(27)18-20-33(28,29)5/h13,23-24,26-30H,7,9-12,14-20,22H2,1-5H3/t24-,26+,27+,28-,29+,30+,32+,33-/m1/s1. The normalized spacial score (nSPS) is 37.9. The molecule has 0 saturated heterocycles. The number of hydrogen-bond donors (Lipinski definition) is 0. The minimum Gasteiger partial charge on any atom is -0.462 e. The van der Waals surface area contributed by atoms with Crippen LogP contribution in [0.25, 0.3) is 0 Å². The molecule has 0 aromatic carbocycles. The molecule has 0 unspecified atom stereocenters. The second-order valence-electron chi connectivity index (χ2n) is 13.6. The molecular formula is C33H49NO2. The first-order valence-electron chi connectivity index (χ1n) is 14.9. The zero-order valence-corrected chi connectivity index (χ0v) is 23.6. The molecule has 0 aromatic rings. The Bertz CT molecular complexity index is 932. The average molecular weight is 492 g/mol. The lowest BCUT2D eigenvalue weighted by Gasteiger charge is -2.58. The predicted molar refractivity (Wildman–Crippen MR) is 146 cm³/mol. The van der Waals surface area contributed by atoms with Gasteiger partial charge in [0.2, 0.25) is 0 Å². The van der Waals surface area contributed by atoms with Gasteiger partial charge in [0.25, 0.3) is 0 Å². The molecule has 0 aliphatic heterocycles. The number of nitriles is 1. The van der Waals surface area contributed by atoms with Crippen molar-refractivity contribution < 1.29 is 9.53 Å². The lowest BCUT2D eigenvalue weighted by molar-refractivity contribution is -0.151. The van der Waals surface area contributed by atoms with Crippen LogP contribution in [0.2, 0.25) is 0 Å². The van der Waals surface area contributed by atoms with Crippen molar-refractivity contribution in [3.8, 4) is 17.9 Å². The van der Waals surface area contributed by atoms with Crippen LogP contribution < -0.4 is 0 Å². The summed E-state index contributed by atoms with van der Waals surface area (Å²) in [5, 5.41) is 8.51. The van der Waals surface area contributed by atoms with Crippen LogP contribution in [0.4, 0.5) is 0 Å². The van der Waals surface area contributed by atoms with Gasteiger partial charge in [-0.3, -0.25) is 4.79 Å². The van der Waals surface area contributed by atoms with Gasteiger partial charge >= 0.3 is 5.97 Å². The zero-order valence-electron chi connectivity index (χ0n) is 23.6. The molecule has 0 aromatic heterocycles. The van der Waals surface area contributed by atoms with Gasteiger partial charge in [0.15, 0.2) is 6.07 Å². The monoisotopic (exact) mass is 491 g/mol. The van der Waals surface area contributed by atoms with E-state index < -0.39 is 0 Å². The van der Waals surface area contributed by atoms with Gasteiger partial charge in [0.1, 0.15) is 6.10 Å². The number of ether oxygens (including phenoxy) is 1. The fraction of sp³-hybridized carbons (Fsp3) is 0.818. The molecule has 36 heavy (non-hydrogen) atoms. The van der Waals surface area contributed by atoms with E-state index in [4.69, 9.17) is 10.00 Å². The third kappa shape index (κ3) is 5.42. The highest BCUT2D eigenvalue weighted by atomic mass is 16.5. The molecule has 4 aliphatic carbocycles. The first-order chi connectivity index (χ1) is 17.2. The summed E-state index contributed by atoms with van der Waals surface area (Å²) in [5.74, 6) is 10.00. The van der Waals surface area contributed by atoms with Crippen molar-refractivity contribution in [1.29, 1.82) is 5.26 Å². The van der Waals surface area contributed by atoms with Crippen molar-refractivity contribution in [1.82, 2.24) is 0 Å². The molecular weight excluding hydrogens is 442 g/mol. The van der Waals surface area contributed by atoms with Crippen LogP contribution in [0.5, 0.6) is 0 Å². The van der Waals surface area contributed by atoms with Crippen LogP contribution in [0.3, 0.4) is 0 Å². The van der Waals surface area contributed by atoms with E-state index in [1.807, 2.05) is 0 Å². The van der Waals surface area contributed by atoms with Crippen molar-refractivity contribution in [2.75, 3.05) is 0 Å². The van der Waals surface area contributed by atoms with Gasteiger partial charge in [-0.25, -0.2) is 0 Å². The van der Waals surface area contributed by atoms with Crippen LogP contribution in [0, 0.1) is 69.5 Å². The van der Waals surface area contributed by atoms with Crippen LogP contribution >= 0.6 is 0 Å². The fourth-order valence-corrected chi connectivity index (χ4v) is 9.26. The minimum absolute atomic E-state index is 0.00806. The highest BCUT2D eigenvalue weighted by Gasteiger charge is 2.59. The Kier molecular flexibility index (Phi) is 8.60. The molecule has 4 rings (SSSR count). The summed E-state index contributed by atoms with van der Waals surface area (Å²) in [7, 11) is 0. The van der Waals surface area contributed by atoms with Crippen molar-refractivity contribution in [3.63, 3.8) is 0 Å². The van der Waals surface area contributed by atoms with Crippen LogP contribution in [0.1, 0.15) is 118 Å². The summed E-state index contributed by atoms with van der Waals surface area (Å²) in [5.41, 5.74) is 2.38. The largest absolute Gasteiger partial charge is 0.462 e. The Balaban J connectivity index is 1.39. The lowest BCUT2D eigenvalue weighted by Crippen LogP contribution is -2.51. The summed E-state index contributed by atoms with van der Waals surface area (Å²) < 4.78 is 5.84. The van der Waals surface area contributed by atoms with Crippen molar-refractivity contribution in [2.24, 2.45) is 46.3 Å². The van der Waals surface area contributed by atoms with E-state index in [1.54, 1.807) is 11.6 Å². The third-order valence-electron chi connectivity index (χ3n) is 11.2. The predicted octanol–water partition coefficient (Wildman–Crippen LogP) is 8.25. The summed E-state index contributed by atoms with van der Waals surface area (Å²) in [6, 6.07) is 1.80.